The molecule has 0 bridgehead atoms. The molecule has 6 heteroatoms. The molecule has 0 saturated heterocycles. The van der Waals surface area contributed by atoms with Crippen LogP contribution in [0, 0.1) is 11.3 Å². The highest BCUT2D eigenvalue weighted by atomic mass is 16.6. The molecule has 0 spiro atoms. The summed E-state index contributed by atoms with van der Waals surface area (Å²) in [6, 6.07) is 0. The Kier molecular flexibility index (Phi) is 6.50. The molecular formula is C21H30O6. The van der Waals surface area contributed by atoms with Crippen LogP contribution in [0.25, 0.3) is 0 Å². The Balaban J connectivity index is 2.45. The Labute approximate surface area is 160 Å². The maximum atomic E-state index is 11.6. The molecule has 0 radical (unpaired) electrons. The molecule has 2 aliphatic rings. The topological polar surface area (TPSA) is 78.9 Å². The molecule has 2 rings (SSSR count). The molecule has 0 N–H and O–H groups in total. The molecule has 0 unspecified atom stereocenters. The molecule has 0 saturated carbocycles. The van der Waals surface area contributed by atoms with E-state index in [1.54, 1.807) is 0 Å². The quantitative estimate of drug-likeness (QED) is 0.425. The standard InChI is InChI=1S/C21H30O6/c1-12-11-21(6)13(2)9-18(25-14(3)22)10-17(21)7-8-19(26-15(4)23)20(12)27-16(5)24/h10-11,13,18-20H,7-9H2,1-6H3/b12-11-/t13-,18-,19-,20-,21+/m0/s1. The van der Waals surface area contributed by atoms with E-state index in [-0.39, 0.29) is 23.4 Å². The molecule has 27 heavy (non-hydrogen) atoms. The van der Waals surface area contributed by atoms with Crippen LogP contribution in [0.4, 0.5) is 0 Å². The van der Waals surface area contributed by atoms with E-state index in [4.69, 9.17) is 14.2 Å². The minimum absolute atomic E-state index is 0.236. The van der Waals surface area contributed by atoms with Gasteiger partial charge in [-0.2, -0.15) is 0 Å². The number of hydrogen-bond donors (Lipinski definition) is 0. The van der Waals surface area contributed by atoms with E-state index in [2.05, 4.69) is 19.9 Å². The fraction of sp³-hybridized carbons (Fsp3) is 0.667. The number of carbonyl (C=O) groups excluding carboxylic acids is 3. The van der Waals surface area contributed by atoms with E-state index in [9.17, 15) is 14.4 Å². The molecule has 150 valence electrons. The summed E-state index contributed by atoms with van der Waals surface area (Å²) in [7, 11) is 0. The number of ether oxygens (including phenoxy) is 3. The first kappa shape index (κ1) is 21.2. The second kappa shape index (κ2) is 8.28. The van der Waals surface area contributed by atoms with Crippen LogP contribution in [0.2, 0.25) is 0 Å². The SMILES string of the molecule is CC(=O)O[C@@H]1C=C2CC[C@H](OC(C)=O)[C@@H](OC(C)=O)/C(C)=C\[C@]2(C)[C@@H](C)C1. The summed E-state index contributed by atoms with van der Waals surface area (Å²) in [6.07, 6.45) is 4.70. The Morgan fingerprint density at radius 3 is 2.19 bits per heavy atom. The Morgan fingerprint density at radius 1 is 1.04 bits per heavy atom. The summed E-state index contributed by atoms with van der Waals surface area (Å²) >= 11 is 0. The monoisotopic (exact) mass is 378 g/mol. The van der Waals surface area contributed by atoms with Gasteiger partial charge in [0.15, 0.2) is 6.10 Å². The van der Waals surface area contributed by atoms with E-state index in [1.807, 2.05) is 13.0 Å². The van der Waals surface area contributed by atoms with Crippen LogP contribution in [0.5, 0.6) is 0 Å². The Bertz CT molecular complexity index is 676. The molecule has 0 aromatic rings. The van der Waals surface area contributed by atoms with Crippen molar-refractivity contribution in [2.24, 2.45) is 11.3 Å². The smallest absolute Gasteiger partial charge is 0.303 e. The predicted octanol–water partition coefficient (Wildman–Crippen LogP) is 3.49. The van der Waals surface area contributed by atoms with Crippen LogP contribution in [0.1, 0.15) is 60.8 Å². The lowest BCUT2D eigenvalue weighted by molar-refractivity contribution is -0.163. The van der Waals surface area contributed by atoms with Gasteiger partial charge in [0.2, 0.25) is 0 Å². The van der Waals surface area contributed by atoms with Crippen molar-refractivity contribution in [2.45, 2.75) is 79.1 Å². The fourth-order valence-corrected chi connectivity index (χ4v) is 4.24. The van der Waals surface area contributed by atoms with Crippen molar-refractivity contribution in [1.29, 1.82) is 0 Å². The van der Waals surface area contributed by atoms with Gasteiger partial charge in [-0.25, -0.2) is 0 Å². The molecule has 0 aromatic heterocycles. The van der Waals surface area contributed by atoms with Crippen molar-refractivity contribution >= 4 is 17.9 Å². The van der Waals surface area contributed by atoms with Crippen molar-refractivity contribution in [2.75, 3.05) is 0 Å². The molecule has 0 aromatic carbocycles. The van der Waals surface area contributed by atoms with Crippen LogP contribution >= 0.6 is 0 Å². The zero-order valence-corrected chi connectivity index (χ0v) is 17.0. The molecule has 2 aliphatic carbocycles. The van der Waals surface area contributed by atoms with Crippen LogP contribution in [-0.2, 0) is 28.6 Å². The highest BCUT2D eigenvalue weighted by molar-refractivity contribution is 5.68. The van der Waals surface area contributed by atoms with E-state index < -0.39 is 24.1 Å². The van der Waals surface area contributed by atoms with Crippen LogP contribution < -0.4 is 0 Å². The van der Waals surface area contributed by atoms with Crippen LogP contribution in [0.3, 0.4) is 0 Å². The Hall–Kier alpha value is -2.11. The summed E-state index contributed by atoms with van der Waals surface area (Å²) in [5, 5.41) is 0. The molecule has 0 fully saturated rings. The summed E-state index contributed by atoms with van der Waals surface area (Å²) in [4.78, 5) is 34.6. The van der Waals surface area contributed by atoms with Gasteiger partial charge in [-0.1, -0.05) is 25.5 Å². The molecule has 0 amide bonds. The lowest BCUT2D eigenvalue weighted by Gasteiger charge is -2.44. The van der Waals surface area contributed by atoms with Gasteiger partial charge in [-0.15, -0.1) is 0 Å². The third-order valence-corrected chi connectivity index (χ3v) is 5.63. The molecule has 5 atom stereocenters. The van der Waals surface area contributed by atoms with Crippen molar-refractivity contribution in [3.63, 3.8) is 0 Å². The summed E-state index contributed by atoms with van der Waals surface area (Å²) in [6.45, 7) is 10.3. The maximum absolute atomic E-state index is 11.6. The average molecular weight is 378 g/mol. The predicted molar refractivity (Wildman–Crippen MR) is 99.6 cm³/mol. The lowest BCUT2D eigenvalue weighted by atomic mass is 9.63. The van der Waals surface area contributed by atoms with Crippen LogP contribution in [-0.4, -0.2) is 36.2 Å². The second-order valence-electron chi connectivity index (χ2n) is 7.86. The minimum Gasteiger partial charge on any atom is -0.458 e. The maximum Gasteiger partial charge on any atom is 0.303 e. The number of fused-ring (bicyclic) bond motifs is 1. The van der Waals surface area contributed by atoms with E-state index in [0.29, 0.717) is 12.8 Å². The van der Waals surface area contributed by atoms with Gasteiger partial charge >= 0.3 is 17.9 Å². The van der Waals surface area contributed by atoms with Crippen molar-refractivity contribution in [3.05, 3.63) is 23.3 Å². The number of carbonyl (C=O) groups is 3. The van der Waals surface area contributed by atoms with Gasteiger partial charge in [-0.3, -0.25) is 14.4 Å². The zero-order valence-electron chi connectivity index (χ0n) is 17.0. The van der Waals surface area contributed by atoms with Crippen LogP contribution in [0.15, 0.2) is 23.3 Å². The number of rotatable bonds is 3. The van der Waals surface area contributed by atoms with Gasteiger partial charge in [0.05, 0.1) is 0 Å². The zero-order chi connectivity index (χ0) is 20.4. The summed E-state index contributed by atoms with van der Waals surface area (Å²) < 4.78 is 16.4. The Morgan fingerprint density at radius 2 is 1.63 bits per heavy atom. The van der Waals surface area contributed by atoms with E-state index in [0.717, 1.165) is 17.6 Å². The van der Waals surface area contributed by atoms with Crippen molar-refractivity contribution < 1.29 is 28.6 Å². The first-order valence-corrected chi connectivity index (χ1v) is 9.45. The fourth-order valence-electron chi connectivity index (χ4n) is 4.24. The highest BCUT2D eigenvalue weighted by Crippen LogP contribution is 2.48. The van der Waals surface area contributed by atoms with E-state index in [1.165, 1.54) is 20.8 Å². The van der Waals surface area contributed by atoms with Gasteiger partial charge in [0.1, 0.15) is 12.2 Å². The first-order chi connectivity index (χ1) is 12.5. The normalized spacial score (nSPS) is 35.3. The summed E-state index contributed by atoms with van der Waals surface area (Å²) in [5.41, 5.74) is 1.79. The summed E-state index contributed by atoms with van der Waals surface area (Å²) in [5.74, 6) is -0.868. The average Bonchev–Trinajstić information content (AvgIpc) is 2.51. The van der Waals surface area contributed by atoms with Gasteiger partial charge < -0.3 is 14.2 Å². The lowest BCUT2D eigenvalue weighted by Crippen LogP contribution is -2.41. The molecule has 0 aliphatic heterocycles. The largest absolute Gasteiger partial charge is 0.458 e. The highest BCUT2D eigenvalue weighted by Gasteiger charge is 2.42. The van der Waals surface area contributed by atoms with Crippen molar-refractivity contribution in [1.82, 2.24) is 0 Å². The third kappa shape index (κ3) is 4.99. The van der Waals surface area contributed by atoms with Gasteiger partial charge in [-0.05, 0) is 43.8 Å². The third-order valence-electron chi connectivity index (χ3n) is 5.63. The van der Waals surface area contributed by atoms with Gasteiger partial charge in [0, 0.05) is 26.2 Å². The van der Waals surface area contributed by atoms with Gasteiger partial charge in [0.25, 0.3) is 0 Å². The number of hydrogen-bond acceptors (Lipinski definition) is 6. The number of esters is 3. The number of allylic oxidation sites excluding steroid dienone is 2. The van der Waals surface area contributed by atoms with Crippen molar-refractivity contribution in [3.8, 4) is 0 Å². The molecular weight excluding hydrogens is 348 g/mol. The van der Waals surface area contributed by atoms with E-state index >= 15 is 0 Å². The molecule has 6 nitrogen and oxygen atoms in total. The second-order valence-corrected chi connectivity index (χ2v) is 7.86. The first-order valence-electron chi connectivity index (χ1n) is 9.45. The minimum atomic E-state index is -0.594. The molecule has 0 heterocycles.